The molecule has 0 amide bonds. The van der Waals surface area contributed by atoms with Crippen LogP contribution in [0.5, 0.6) is 0 Å². The van der Waals surface area contributed by atoms with E-state index in [0.29, 0.717) is 24.5 Å². The second-order valence-electron chi connectivity index (χ2n) is 6.16. The Labute approximate surface area is 165 Å². The minimum absolute atomic E-state index is 0.309. The molecule has 0 saturated heterocycles. The van der Waals surface area contributed by atoms with Crippen LogP contribution in [-0.4, -0.2) is 73.3 Å². The van der Waals surface area contributed by atoms with Crippen LogP contribution in [0.4, 0.5) is 8.78 Å². The first-order chi connectivity index (χ1) is 12.9. The summed E-state index contributed by atoms with van der Waals surface area (Å²) in [5.41, 5.74) is 3.01. The summed E-state index contributed by atoms with van der Waals surface area (Å²) in [6.07, 6.45) is 1.98. The maximum absolute atomic E-state index is 13.3. The van der Waals surface area contributed by atoms with Crippen molar-refractivity contribution in [3.63, 3.8) is 0 Å². The van der Waals surface area contributed by atoms with Gasteiger partial charge in [0.25, 0.3) is 16.0 Å². The highest BCUT2D eigenvalue weighted by Crippen LogP contribution is 2.20. The molecule has 1 aromatic carbocycles. The first-order valence-electron chi connectivity index (χ1n) is 8.72. The predicted molar refractivity (Wildman–Crippen MR) is 106 cm³/mol. The summed E-state index contributed by atoms with van der Waals surface area (Å²) in [6, 6.07) is 3.67. The molecule has 0 fully saturated rings. The first kappa shape index (κ1) is 24.2. The Morgan fingerprint density at radius 3 is 2.21 bits per heavy atom. The average Bonchev–Trinajstić information content (AvgIpc) is 2.61. The van der Waals surface area contributed by atoms with Crippen LogP contribution in [-0.2, 0) is 43.3 Å². The van der Waals surface area contributed by atoms with Gasteiger partial charge in [0, 0.05) is 0 Å². The Bertz CT molecular complexity index is 831. The van der Waals surface area contributed by atoms with E-state index in [2.05, 4.69) is 4.74 Å². The van der Waals surface area contributed by atoms with Crippen molar-refractivity contribution in [1.29, 1.82) is 0 Å². The molecular weight excluding hydrogens is 395 g/mol. The molecule has 13 heteroatoms. The van der Waals surface area contributed by atoms with Crippen molar-refractivity contribution >= 4 is 45.6 Å². The maximum Gasteiger partial charge on any atom is 0.344 e. The summed E-state index contributed by atoms with van der Waals surface area (Å²) in [5.74, 6) is -7.88. The van der Waals surface area contributed by atoms with E-state index in [1.54, 1.807) is 6.07 Å². The molecule has 1 N–H and O–H groups in total. The Hall–Kier alpha value is -1.88. The molecule has 0 aromatic heterocycles. The van der Waals surface area contributed by atoms with Gasteiger partial charge in [0.1, 0.15) is 29.3 Å². The molecule has 0 aliphatic heterocycles. The highest BCUT2D eigenvalue weighted by Gasteiger charge is 2.36. The van der Waals surface area contributed by atoms with Gasteiger partial charge in [-0.15, -0.1) is 0 Å². The summed E-state index contributed by atoms with van der Waals surface area (Å²) in [4.78, 5) is 23.9. The molecule has 0 aliphatic rings. The molecule has 7 nitrogen and oxygen atoms in total. The number of rotatable bonds is 10. The van der Waals surface area contributed by atoms with Crippen molar-refractivity contribution in [1.82, 2.24) is 0 Å². The fourth-order valence-electron chi connectivity index (χ4n) is 2.66. The van der Waals surface area contributed by atoms with Gasteiger partial charge in [0.05, 0.1) is 5.56 Å². The second kappa shape index (κ2) is 10.1. The molecule has 0 bridgehead atoms. The highest BCUT2D eigenvalue weighted by atomic mass is 32.2. The van der Waals surface area contributed by atoms with E-state index < -0.39 is 46.9 Å². The zero-order valence-corrected chi connectivity index (χ0v) is 16.8. The molecule has 0 heterocycles. The Morgan fingerprint density at radius 2 is 1.71 bits per heavy atom. The van der Waals surface area contributed by atoms with Crippen molar-refractivity contribution < 1.29 is 40.8 Å². The van der Waals surface area contributed by atoms with E-state index in [9.17, 15) is 26.8 Å². The van der Waals surface area contributed by atoms with Crippen LogP contribution in [0.1, 0.15) is 27.0 Å². The lowest BCUT2D eigenvalue weighted by Gasteiger charge is -2.16. The van der Waals surface area contributed by atoms with Crippen molar-refractivity contribution in [2.75, 3.05) is 19.0 Å². The largest absolute Gasteiger partial charge is 0.457 e. The monoisotopic (exact) mass is 416 g/mol. The molecule has 0 radical (unpaired) electrons. The minimum Gasteiger partial charge on any atom is -0.457 e. The van der Waals surface area contributed by atoms with Crippen molar-refractivity contribution in [2.45, 2.75) is 24.9 Å². The van der Waals surface area contributed by atoms with Gasteiger partial charge in [-0.25, -0.2) is 18.4 Å². The van der Waals surface area contributed by atoms with Gasteiger partial charge in [-0.05, 0) is 11.6 Å². The molecule has 0 atom stereocenters. The number of halogens is 2. The van der Waals surface area contributed by atoms with Crippen LogP contribution in [0.2, 0.25) is 0 Å². The number of alkyl halides is 2. The maximum atomic E-state index is 13.3. The van der Waals surface area contributed by atoms with Crippen LogP contribution < -0.4 is 0 Å². The van der Waals surface area contributed by atoms with Gasteiger partial charge in [-0.3, -0.25) is 4.55 Å². The predicted octanol–water partition coefficient (Wildman–Crippen LogP) is -1.69. The lowest BCUT2D eigenvalue weighted by molar-refractivity contribution is -0.156. The molecule has 152 valence electrons. The van der Waals surface area contributed by atoms with Crippen LogP contribution in [0, 0.1) is 0 Å². The molecule has 0 aliphatic carbocycles. The van der Waals surface area contributed by atoms with Gasteiger partial charge < -0.3 is 9.47 Å². The molecule has 1 aromatic rings. The van der Waals surface area contributed by atoms with E-state index in [1.165, 1.54) is 0 Å². The van der Waals surface area contributed by atoms with E-state index >= 15 is 0 Å². The fourth-order valence-corrected chi connectivity index (χ4v) is 3.27. The number of esters is 2. The molecular formula is C15H21B3F2O7S. The standard InChI is InChI=1S/C15H21B3F2O7S/c16-3-9-1-10(4-17)12(5-18)11(2-9)14(22)26-6-13(21)27-7-15(19,20)8-28(23,24)25/h1-2H,3-8,16-18H2,(H,23,24,25). The van der Waals surface area contributed by atoms with Crippen LogP contribution >= 0.6 is 0 Å². The number of hydrogen-bond donors (Lipinski definition) is 1. The van der Waals surface area contributed by atoms with Gasteiger partial charge in [-0.2, -0.15) is 8.42 Å². The summed E-state index contributed by atoms with van der Waals surface area (Å²) < 4.78 is 65.1. The van der Waals surface area contributed by atoms with Gasteiger partial charge >= 0.3 is 11.9 Å². The van der Waals surface area contributed by atoms with E-state index in [4.69, 9.17) is 9.29 Å². The third-order valence-corrected chi connectivity index (χ3v) is 4.71. The Kier molecular flexibility index (Phi) is 8.68. The second-order valence-corrected chi connectivity index (χ2v) is 7.61. The molecule has 0 unspecified atom stereocenters. The van der Waals surface area contributed by atoms with Gasteiger partial charge in [0.15, 0.2) is 13.2 Å². The zero-order valence-electron chi connectivity index (χ0n) is 16.0. The van der Waals surface area contributed by atoms with Gasteiger partial charge in [0.2, 0.25) is 0 Å². The van der Waals surface area contributed by atoms with Crippen molar-refractivity contribution in [3.05, 3.63) is 34.4 Å². The molecule has 28 heavy (non-hydrogen) atoms. The fraction of sp³-hybridized carbons (Fsp3) is 0.467. The lowest BCUT2D eigenvalue weighted by atomic mass is 9.81. The number of hydrogen-bond acceptors (Lipinski definition) is 6. The first-order valence-corrected chi connectivity index (χ1v) is 10.3. The number of benzene rings is 1. The zero-order chi connectivity index (χ0) is 21.5. The molecule has 1 rings (SSSR count). The van der Waals surface area contributed by atoms with E-state index in [1.807, 2.05) is 29.6 Å². The van der Waals surface area contributed by atoms with Crippen molar-refractivity contribution in [3.8, 4) is 0 Å². The normalized spacial score (nSPS) is 11.8. The van der Waals surface area contributed by atoms with Gasteiger partial charge in [-0.1, -0.05) is 36.2 Å². The number of carbonyl (C=O) groups is 2. The van der Waals surface area contributed by atoms with Crippen molar-refractivity contribution in [2.24, 2.45) is 0 Å². The highest BCUT2D eigenvalue weighted by molar-refractivity contribution is 7.85. The smallest absolute Gasteiger partial charge is 0.344 e. The lowest BCUT2D eigenvalue weighted by Crippen LogP contribution is -2.34. The minimum atomic E-state index is -4.94. The average molecular weight is 416 g/mol. The number of carbonyl (C=O) groups excluding carboxylic acids is 2. The van der Waals surface area contributed by atoms with Crippen LogP contribution in [0.15, 0.2) is 12.1 Å². The Balaban J connectivity index is 2.75. The third kappa shape index (κ3) is 7.63. The summed E-state index contributed by atoms with van der Waals surface area (Å²) in [7, 11) is 0.820. The van der Waals surface area contributed by atoms with E-state index in [-0.39, 0.29) is 0 Å². The quantitative estimate of drug-likeness (QED) is 0.276. The van der Waals surface area contributed by atoms with Crippen LogP contribution in [0.25, 0.3) is 0 Å². The number of ether oxygens (including phenoxy) is 2. The Morgan fingerprint density at radius 1 is 1.07 bits per heavy atom. The SMILES string of the molecule is BCc1cc(CB)c(CB)c(C(=O)OCC(=O)OCC(F)(F)CS(=O)(=O)O)c1. The molecule has 0 spiro atoms. The third-order valence-electron chi connectivity index (χ3n) is 3.92. The van der Waals surface area contributed by atoms with E-state index in [0.717, 1.165) is 16.7 Å². The summed E-state index contributed by atoms with van der Waals surface area (Å²) in [6.45, 7) is -2.46. The topological polar surface area (TPSA) is 107 Å². The summed E-state index contributed by atoms with van der Waals surface area (Å²) >= 11 is 0. The summed E-state index contributed by atoms with van der Waals surface area (Å²) in [5, 5.41) is 0. The van der Waals surface area contributed by atoms with Crippen LogP contribution in [0.3, 0.4) is 0 Å². The molecule has 0 saturated carbocycles.